The van der Waals surface area contributed by atoms with Crippen LogP contribution in [0.2, 0.25) is 0 Å². The van der Waals surface area contributed by atoms with E-state index in [0.29, 0.717) is 0 Å². The number of nitrogens with zero attached hydrogens (tertiary/aromatic N) is 1. The minimum atomic E-state index is 0.0253. The smallest absolute Gasteiger partial charge is 0.233 e. The van der Waals surface area contributed by atoms with Crippen LogP contribution in [0.3, 0.4) is 0 Å². The van der Waals surface area contributed by atoms with Crippen molar-refractivity contribution in [3.8, 4) is 5.75 Å². The second-order valence-electron chi connectivity index (χ2n) is 7.25. The van der Waals surface area contributed by atoms with E-state index < -0.39 is 0 Å². The van der Waals surface area contributed by atoms with Crippen molar-refractivity contribution in [1.29, 1.82) is 0 Å². The zero-order chi connectivity index (χ0) is 19.3. The lowest BCUT2D eigenvalue weighted by Crippen LogP contribution is -2.55. The molecule has 1 aliphatic rings. The van der Waals surface area contributed by atoms with Crippen LogP contribution in [0.15, 0.2) is 84.9 Å². The number of hydrogen-bond acceptors (Lipinski definition) is 2. The van der Waals surface area contributed by atoms with Crippen molar-refractivity contribution in [2.45, 2.75) is 25.3 Å². The van der Waals surface area contributed by atoms with Gasteiger partial charge in [-0.3, -0.25) is 4.79 Å². The highest BCUT2D eigenvalue weighted by atomic mass is 16.5. The predicted molar refractivity (Wildman–Crippen MR) is 113 cm³/mol. The van der Waals surface area contributed by atoms with Gasteiger partial charge >= 0.3 is 0 Å². The fourth-order valence-electron chi connectivity index (χ4n) is 4.06. The van der Waals surface area contributed by atoms with Gasteiger partial charge in [0.15, 0.2) is 0 Å². The van der Waals surface area contributed by atoms with Gasteiger partial charge in [-0.15, -0.1) is 0 Å². The van der Waals surface area contributed by atoms with Gasteiger partial charge in [-0.05, 0) is 54.7 Å². The summed E-state index contributed by atoms with van der Waals surface area (Å²) < 4.78 is 5.29. The van der Waals surface area contributed by atoms with Crippen molar-refractivity contribution in [2.24, 2.45) is 5.92 Å². The summed E-state index contributed by atoms with van der Waals surface area (Å²) in [6.45, 7) is 0. The van der Waals surface area contributed by atoms with E-state index in [-0.39, 0.29) is 17.9 Å². The Morgan fingerprint density at radius 1 is 0.857 bits per heavy atom. The van der Waals surface area contributed by atoms with E-state index in [9.17, 15) is 4.79 Å². The average Bonchev–Trinajstić information content (AvgIpc) is 2.76. The van der Waals surface area contributed by atoms with Crippen molar-refractivity contribution < 1.29 is 9.53 Å². The summed E-state index contributed by atoms with van der Waals surface area (Å²) in [5.41, 5.74) is 3.46. The Balaban J connectivity index is 1.53. The fraction of sp³-hybridized carbons (Fsp3) is 0.240. The number of para-hydroxylation sites is 1. The first-order valence-electron chi connectivity index (χ1n) is 9.84. The summed E-state index contributed by atoms with van der Waals surface area (Å²) in [7, 11) is 1.67. The van der Waals surface area contributed by atoms with Gasteiger partial charge in [-0.25, -0.2) is 0 Å². The number of hydrogen-bond donors (Lipinski definition) is 0. The average molecular weight is 371 g/mol. The predicted octanol–water partition coefficient (Wildman–Crippen LogP) is 5.42. The first kappa shape index (κ1) is 18.3. The van der Waals surface area contributed by atoms with E-state index in [1.807, 2.05) is 53.4 Å². The molecule has 0 unspecified atom stereocenters. The van der Waals surface area contributed by atoms with Crippen molar-refractivity contribution >= 4 is 11.6 Å². The topological polar surface area (TPSA) is 29.5 Å². The Kier molecular flexibility index (Phi) is 5.43. The molecular formula is C25H25NO2. The van der Waals surface area contributed by atoms with Gasteiger partial charge in [0, 0.05) is 5.69 Å². The van der Waals surface area contributed by atoms with Crippen molar-refractivity contribution in [2.75, 3.05) is 12.0 Å². The largest absolute Gasteiger partial charge is 0.497 e. The van der Waals surface area contributed by atoms with E-state index in [1.54, 1.807) is 7.11 Å². The number of ether oxygens (including phenoxy) is 1. The van der Waals surface area contributed by atoms with Gasteiger partial charge in [-0.2, -0.15) is 0 Å². The number of rotatable bonds is 7. The van der Waals surface area contributed by atoms with Crippen LogP contribution in [-0.4, -0.2) is 13.0 Å². The quantitative estimate of drug-likeness (QED) is 0.519. The molecule has 0 aliphatic carbocycles. The lowest BCUT2D eigenvalue weighted by Gasteiger charge is -2.47. The molecule has 0 N–H and O–H groups in total. The Bertz CT molecular complexity index is 906. The third-order valence-corrected chi connectivity index (χ3v) is 5.53. The van der Waals surface area contributed by atoms with Crippen LogP contribution in [0.25, 0.3) is 0 Å². The monoisotopic (exact) mass is 371 g/mol. The maximum absolute atomic E-state index is 13.0. The maximum atomic E-state index is 13.0. The number of carbonyl (C=O) groups is 1. The van der Waals surface area contributed by atoms with E-state index in [4.69, 9.17) is 4.74 Å². The lowest BCUT2D eigenvalue weighted by atomic mass is 9.78. The van der Waals surface area contributed by atoms with Gasteiger partial charge < -0.3 is 9.64 Å². The second kappa shape index (κ2) is 8.30. The summed E-state index contributed by atoms with van der Waals surface area (Å²) >= 11 is 0. The number of amides is 1. The summed E-state index contributed by atoms with van der Waals surface area (Å²) in [5.74, 6) is 1.08. The van der Waals surface area contributed by atoms with Crippen molar-refractivity contribution in [1.82, 2.24) is 0 Å². The Hall–Kier alpha value is -3.07. The van der Waals surface area contributed by atoms with Crippen LogP contribution in [0.5, 0.6) is 5.75 Å². The molecule has 3 nitrogen and oxygen atoms in total. The third kappa shape index (κ3) is 3.65. The molecular weight excluding hydrogens is 346 g/mol. The number of methoxy groups -OCH3 is 1. The molecule has 1 aliphatic heterocycles. The molecule has 4 rings (SSSR count). The number of anilines is 1. The van der Waals surface area contributed by atoms with E-state index in [1.165, 1.54) is 5.56 Å². The highest BCUT2D eigenvalue weighted by Crippen LogP contribution is 2.45. The van der Waals surface area contributed by atoms with Crippen LogP contribution in [-0.2, 0) is 11.2 Å². The van der Waals surface area contributed by atoms with E-state index in [0.717, 1.165) is 36.3 Å². The van der Waals surface area contributed by atoms with Crippen LogP contribution < -0.4 is 9.64 Å². The molecule has 3 heteroatoms. The fourth-order valence-corrected chi connectivity index (χ4v) is 4.06. The van der Waals surface area contributed by atoms with Crippen LogP contribution >= 0.6 is 0 Å². The van der Waals surface area contributed by atoms with E-state index in [2.05, 4.69) is 36.4 Å². The number of β-lactam (4-membered cyclic amide) rings is 1. The van der Waals surface area contributed by atoms with Crippen LogP contribution in [0.4, 0.5) is 5.69 Å². The molecule has 0 saturated carbocycles. The highest BCUT2D eigenvalue weighted by molar-refractivity contribution is 6.03. The lowest BCUT2D eigenvalue weighted by molar-refractivity contribution is -0.130. The summed E-state index contributed by atoms with van der Waals surface area (Å²) in [6.07, 6.45) is 2.91. The zero-order valence-corrected chi connectivity index (χ0v) is 16.1. The summed E-state index contributed by atoms with van der Waals surface area (Å²) in [4.78, 5) is 15.0. The van der Waals surface area contributed by atoms with Crippen LogP contribution in [0, 0.1) is 5.92 Å². The molecule has 1 heterocycles. The molecule has 142 valence electrons. The van der Waals surface area contributed by atoms with Gasteiger partial charge in [0.25, 0.3) is 0 Å². The van der Waals surface area contributed by atoms with E-state index >= 15 is 0 Å². The highest BCUT2D eigenvalue weighted by Gasteiger charge is 2.48. The Morgan fingerprint density at radius 3 is 2.14 bits per heavy atom. The molecule has 1 fully saturated rings. The third-order valence-electron chi connectivity index (χ3n) is 5.53. The van der Waals surface area contributed by atoms with Crippen molar-refractivity contribution in [3.63, 3.8) is 0 Å². The SMILES string of the molecule is COc1ccc([C@@H]2[C@@H](CCCc3ccccc3)C(=O)N2c2ccccc2)cc1. The number of benzene rings is 3. The molecule has 0 bridgehead atoms. The first-order valence-corrected chi connectivity index (χ1v) is 9.84. The molecule has 2 atom stereocenters. The molecule has 0 spiro atoms. The Morgan fingerprint density at radius 2 is 1.50 bits per heavy atom. The minimum Gasteiger partial charge on any atom is -0.497 e. The molecule has 0 radical (unpaired) electrons. The molecule has 0 aromatic heterocycles. The number of carbonyl (C=O) groups excluding carboxylic acids is 1. The summed E-state index contributed by atoms with van der Waals surface area (Å²) in [5, 5.41) is 0. The van der Waals surface area contributed by atoms with Gasteiger partial charge in [0.2, 0.25) is 5.91 Å². The van der Waals surface area contributed by atoms with Gasteiger partial charge in [0.05, 0.1) is 19.1 Å². The Labute approximate surface area is 166 Å². The summed E-state index contributed by atoms with van der Waals surface area (Å²) in [6, 6.07) is 28.6. The molecule has 3 aromatic carbocycles. The standard InChI is InChI=1S/C25H25NO2/c1-28-22-17-15-20(16-18-22)24-23(14-8-11-19-9-4-2-5-10-19)25(27)26(24)21-12-6-3-7-13-21/h2-7,9-10,12-13,15-18,23-24H,8,11,14H2,1H3/t23-,24-/m1/s1. The molecule has 1 saturated heterocycles. The number of aryl methyl sites for hydroxylation is 1. The molecule has 1 amide bonds. The molecule has 3 aromatic rings. The minimum absolute atomic E-state index is 0.0253. The van der Waals surface area contributed by atoms with Gasteiger partial charge in [0.1, 0.15) is 5.75 Å². The van der Waals surface area contributed by atoms with Crippen molar-refractivity contribution in [3.05, 3.63) is 96.1 Å². The van der Waals surface area contributed by atoms with Crippen LogP contribution in [0.1, 0.15) is 30.0 Å². The second-order valence-corrected chi connectivity index (χ2v) is 7.25. The van der Waals surface area contributed by atoms with Gasteiger partial charge in [-0.1, -0.05) is 60.7 Å². The first-order chi connectivity index (χ1) is 13.8. The normalized spacial score (nSPS) is 18.6. The maximum Gasteiger partial charge on any atom is 0.233 e. The molecule has 28 heavy (non-hydrogen) atoms. The zero-order valence-electron chi connectivity index (χ0n) is 16.1.